The number of likely N-dealkylation sites (N-methyl/N-ethyl adjacent to an activating group) is 1. The number of rotatable bonds is 13. The number of hydrogen-bond donors (Lipinski definition) is 3. The summed E-state index contributed by atoms with van der Waals surface area (Å²) >= 11 is 12.2. The SMILES string of the molecule is CN1C(=O)[C@H](c2ccc(OCc3ccc(Cl)c(Cl)c3)cc2)Oc2cc3c(cc21)CC(C(=O)NC(Cc1ccc(-c2ccc(C#N)cc2)cc1)C(=O)O)N([C@H](C(=O)O)c1ccccc1)C3. The lowest BCUT2D eigenvalue weighted by molar-refractivity contribution is -0.149. The first-order valence-corrected chi connectivity index (χ1v) is 21.0. The number of carboxylic acids is 2. The van der Waals surface area contributed by atoms with Crippen molar-refractivity contribution >= 4 is 52.6 Å². The molecule has 12 nitrogen and oxygen atoms in total. The second kappa shape index (κ2) is 18.7. The molecule has 0 saturated carbocycles. The minimum atomic E-state index is -1.34. The molecule has 0 radical (unpaired) electrons. The molecule has 0 bridgehead atoms. The van der Waals surface area contributed by atoms with Gasteiger partial charge in [-0.1, -0.05) is 108 Å². The first-order chi connectivity index (χ1) is 30.9. The summed E-state index contributed by atoms with van der Waals surface area (Å²) < 4.78 is 12.3. The van der Waals surface area contributed by atoms with Crippen LogP contribution in [0.3, 0.4) is 0 Å². The van der Waals surface area contributed by atoms with Gasteiger partial charge in [-0.15, -0.1) is 0 Å². The Balaban J connectivity index is 1.04. The van der Waals surface area contributed by atoms with Crippen molar-refractivity contribution in [3.8, 4) is 28.7 Å². The Morgan fingerprint density at radius 1 is 0.828 bits per heavy atom. The van der Waals surface area contributed by atoms with Crippen LogP contribution in [0.15, 0.2) is 133 Å². The molecule has 0 saturated heterocycles. The highest BCUT2D eigenvalue weighted by atomic mass is 35.5. The number of nitrogens with zero attached hydrogens (tertiary/aromatic N) is 3. The molecule has 6 aromatic rings. The number of anilines is 1. The third-order valence-electron chi connectivity index (χ3n) is 11.5. The number of halogens is 2. The first kappa shape index (κ1) is 43.5. The van der Waals surface area contributed by atoms with Crippen LogP contribution in [0.2, 0.25) is 10.0 Å². The van der Waals surface area contributed by atoms with Gasteiger partial charge in [0.05, 0.1) is 33.4 Å². The van der Waals surface area contributed by atoms with Crippen molar-refractivity contribution in [2.45, 2.75) is 50.2 Å². The number of carbonyl (C=O) groups excluding carboxylic acids is 2. The van der Waals surface area contributed by atoms with Crippen LogP contribution in [-0.2, 0) is 45.2 Å². The third kappa shape index (κ3) is 9.28. The molecule has 6 aromatic carbocycles. The van der Waals surface area contributed by atoms with Gasteiger partial charge >= 0.3 is 11.9 Å². The quantitative estimate of drug-likeness (QED) is 0.102. The van der Waals surface area contributed by atoms with Gasteiger partial charge in [0.15, 0.2) is 0 Å². The Bertz CT molecular complexity index is 2780. The smallest absolute Gasteiger partial charge is 0.326 e. The van der Waals surface area contributed by atoms with E-state index in [4.69, 9.17) is 37.9 Å². The van der Waals surface area contributed by atoms with Crippen molar-refractivity contribution in [2.75, 3.05) is 11.9 Å². The van der Waals surface area contributed by atoms with Crippen LogP contribution in [0.4, 0.5) is 5.69 Å². The third-order valence-corrected chi connectivity index (χ3v) is 12.3. The van der Waals surface area contributed by atoms with Crippen LogP contribution in [0.5, 0.6) is 11.5 Å². The summed E-state index contributed by atoms with van der Waals surface area (Å²) in [6.07, 6.45) is -1.01. The molecule has 8 rings (SSSR count). The van der Waals surface area contributed by atoms with E-state index in [1.165, 1.54) is 4.90 Å². The Hall–Kier alpha value is -7.17. The molecule has 2 aliphatic rings. The van der Waals surface area contributed by atoms with Crippen molar-refractivity contribution in [1.82, 2.24) is 10.2 Å². The maximum atomic E-state index is 14.4. The van der Waals surface area contributed by atoms with Crippen molar-refractivity contribution in [3.63, 3.8) is 0 Å². The topological polar surface area (TPSA) is 169 Å². The molecule has 0 aliphatic carbocycles. The largest absolute Gasteiger partial charge is 0.489 e. The lowest BCUT2D eigenvalue weighted by Crippen LogP contribution is -2.56. The van der Waals surface area contributed by atoms with E-state index < -0.39 is 42.1 Å². The van der Waals surface area contributed by atoms with Gasteiger partial charge in [-0.2, -0.15) is 5.26 Å². The van der Waals surface area contributed by atoms with E-state index in [0.29, 0.717) is 60.6 Å². The molecule has 0 aromatic heterocycles. The van der Waals surface area contributed by atoms with E-state index in [1.807, 2.05) is 30.3 Å². The van der Waals surface area contributed by atoms with Gasteiger partial charge in [-0.3, -0.25) is 19.3 Å². The number of hydrogen-bond acceptors (Lipinski definition) is 8. The van der Waals surface area contributed by atoms with Gasteiger partial charge in [0, 0.05) is 25.6 Å². The summed E-state index contributed by atoms with van der Waals surface area (Å²) in [4.78, 5) is 57.1. The molecule has 2 unspecified atom stereocenters. The summed E-state index contributed by atoms with van der Waals surface area (Å²) in [6, 6.07) is 37.1. The van der Waals surface area contributed by atoms with Crippen LogP contribution < -0.4 is 19.7 Å². The number of amides is 2. The number of benzene rings is 6. The molecule has 322 valence electrons. The average molecular weight is 896 g/mol. The second-order valence-electron chi connectivity index (χ2n) is 15.6. The molecule has 0 spiro atoms. The van der Waals surface area contributed by atoms with Gasteiger partial charge in [-0.05, 0) is 93.9 Å². The monoisotopic (exact) mass is 894 g/mol. The number of fused-ring (bicyclic) bond motifs is 2. The van der Waals surface area contributed by atoms with Crippen LogP contribution in [0.25, 0.3) is 11.1 Å². The normalized spacial score (nSPS) is 16.6. The predicted octanol–water partition coefficient (Wildman–Crippen LogP) is 8.57. The summed E-state index contributed by atoms with van der Waals surface area (Å²) in [5.41, 5.74) is 6.65. The van der Waals surface area contributed by atoms with E-state index in [1.54, 1.807) is 115 Å². The molecule has 2 aliphatic heterocycles. The Labute approximate surface area is 378 Å². The lowest BCUT2D eigenvalue weighted by atomic mass is 9.89. The zero-order valence-corrected chi connectivity index (χ0v) is 35.8. The predicted molar refractivity (Wildman–Crippen MR) is 240 cm³/mol. The number of carbonyl (C=O) groups is 4. The lowest BCUT2D eigenvalue weighted by Gasteiger charge is -2.41. The van der Waals surface area contributed by atoms with Crippen LogP contribution in [0.1, 0.15) is 51.1 Å². The van der Waals surface area contributed by atoms with Crippen LogP contribution in [-0.4, -0.2) is 58.0 Å². The molecular formula is C50H40Cl2N4O8. The minimum absolute atomic E-state index is 0.00232. The number of ether oxygens (including phenoxy) is 2. The van der Waals surface area contributed by atoms with Gasteiger partial charge in [-0.25, -0.2) is 4.79 Å². The van der Waals surface area contributed by atoms with Crippen molar-refractivity contribution in [3.05, 3.63) is 182 Å². The standard InChI is InChI=1S/C50H40Cl2N4O8/c1-55-42-23-36-24-43(47(57)54-41(49(59)60)22-29-7-12-32(13-8-29)33-14-9-30(26-53)10-15-33)56(45(50(61)62)34-5-3-2-4-6-34)27-37(36)25-44(42)64-46(48(55)58)35-16-18-38(19-17-35)63-28-31-11-20-39(51)40(52)21-31/h2-21,23,25,41,43,45-46H,22,24,27-28H2,1H3,(H,54,57)(H,59,60)(H,61,62)/t41?,43?,45-,46-/m0/s1. The molecule has 3 N–H and O–H groups in total. The summed E-state index contributed by atoms with van der Waals surface area (Å²) in [6.45, 7) is 0.248. The van der Waals surface area contributed by atoms with Gasteiger partial charge in [0.2, 0.25) is 12.0 Å². The number of carboxylic acid groups (broad SMARTS) is 2. The molecule has 14 heteroatoms. The maximum absolute atomic E-state index is 14.4. The van der Waals surface area contributed by atoms with E-state index in [0.717, 1.165) is 16.7 Å². The zero-order valence-electron chi connectivity index (χ0n) is 34.3. The number of nitrogens with one attached hydrogen (secondary N) is 1. The molecule has 0 fully saturated rings. The van der Waals surface area contributed by atoms with Gasteiger partial charge < -0.3 is 29.9 Å². The fourth-order valence-electron chi connectivity index (χ4n) is 8.10. The van der Waals surface area contributed by atoms with Crippen LogP contribution in [0, 0.1) is 11.3 Å². The highest BCUT2D eigenvalue weighted by Crippen LogP contribution is 2.43. The van der Waals surface area contributed by atoms with E-state index in [-0.39, 0.29) is 31.9 Å². The fourth-order valence-corrected chi connectivity index (χ4v) is 8.42. The highest BCUT2D eigenvalue weighted by molar-refractivity contribution is 6.42. The zero-order chi connectivity index (χ0) is 45.1. The van der Waals surface area contributed by atoms with Crippen molar-refractivity contribution in [1.29, 1.82) is 5.26 Å². The molecule has 64 heavy (non-hydrogen) atoms. The number of nitriles is 1. The van der Waals surface area contributed by atoms with E-state index >= 15 is 0 Å². The van der Waals surface area contributed by atoms with Crippen LogP contribution >= 0.6 is 23.2 Å². The van der Waals surface area contributed by atoms with Gasteiger partial charge in [0.25, 0.3) is 5.91 Å². The molecule has 2 heterocycles. The van der Waals surface area contributed by atoms with Gasteiger partial charge in [0.1, 0.15) is 30.2 Å². The Kier molecular flexibility index (Phi) is 12.7. The Morgan fingerprint density at radius 3 is 2.14 bits per heavy atom. The average Bonchev–Trinajstić information content (AvgIpc) is 3.30. The summed E-state index contributed by atoms with van der Waals surface area (Å²) in [7, 11) is 1.64. The van der Waals surface area contributed by atoms with E-state index in [9.17, 15) is 29.4 Å². The fraction of sp³-hybridized carbons (Fsp3) is 0.180. The summed E-state index contributed by atoms with van der Waals surface area (Å²) in [5.74, 6) is -2.46. The van der Waals surface area contributed by atoms with E-state index in [2.05, 4.69) is 11.4 Å². The van der Waals surface area contributed by atoms with Crippen molar-refractivity contribution in [2.24, 2.45) is 0 Å². The Morgan fingerprint density at radius 2 is 1.50 bits per heavy atom. The number of aliphatic carboxylic acids is 2. The minimum Gasteiger partial charge on any atom is -0.489 e. The summed E-state index contributed by atoms with van der Waals surface area (Å²) in [5, 5.41) is 33.8. The van der Waals surface area contributed by atoms with Crippen molar-refractivity contribution < 1.29 is 38.9 Å². The highest BCUT2D eigenvalue weighted by Gasteiger charge is 2.42. The maximum Gasteiger partial charge on any atom is 0.326 e. The first-order valence-electron chi connectivity index (χ1n) is 20.3. The second-order valence-corrected chi connectivity index (χ2v) is 16.4. The molecule has 2 amide bonds. The molecule has 4 atom stereocenters. The molecular weight excluding hydrogens is 855 g/mol.